The molecule has 0 atom stereocenters. The maximum atomic E-state index is 9.87. The monoisotopic (exact) mass is 132 g/mol. The molecule has 0 unspecified atom stereocenters. The third-order valence-corrected chi connectivity index (χ3v) is 0.834. The summed E-state index contributed by atoms with van der Waals surface area (Å²) in [5.74, 6) is -0.827. The number of hydrogen-bond acceptors (Lipinski definition) is 3. The van der Waals surface area contributed by atoms with Crippen LogP contribution in [0.25, 0.3) is 0 Å². The maximum Gasteiger partial charge on any atom is 0.317 e. The van der Waals surface area contributed by atoms with Crippen molar-refractivity contribution in [3.05, 3.63) is 0 Å². The van der Waals surface area contributed by atoms with Crippen molar-refractivity contribution in [1.29, 1.82) is 0 Å². The summed E-state index contributed by atoms with van der Waals surface area (Å²) in [4.78, 5) is 9.87. The Labute approximate surface area is 54.0 Å². The minimum atomic E-state index is -0.827. The molecule has 0 saturated heterocycles. The predicted octanol–water partition coefficient (Wildman–Crippen LogP) is -0.991. The van der Waals surface area contributed by atoms with Gasteiger partial charge in [0.2, 0.25) is 0 Å². The second kappa shape index (κ2) is 5.53. The van der Waals surface area contributed by atoms with E-state index in [-0.39, 0.29) is 6.54 Å². The van der Waals surface area contributed by atoms with Gasteiger partial charge >= 0.3 is 5.97 Å². The Kier molecular flexibility index (Phi) is 5.15. The highest BCUT2D eigenvalue weighted by atomic mass is 16.4. The second-order valence-corrected chi connectivity index (χ2v) is 1.71. The number of rotatable bonds is 5. The molecule has 4 nitrogen and oxygen atoms in total. The van der Waals surface area contributed by atoms with Crippen molar-refractivity contribution >= 4 is 5.97 Å². The Bertz CT molecular complexity index is 85.0. The quantitative estimate of drug-likeness (QED) is 0.420. The first kappa shape index (κ1) is 8.39. The predicted molar refractivity (Wildman–Crippen MR) is 34.2 cm³/mol. The van der Waals surface area contributed by atoms with Crippen LogP contribution in [0.1, 0.15) is 6.42 Å². The fourth-order valence-corrected chi connectivity index (χ4v) is 0.422. The van der Waals surface area contributed by atoms with Crippen molar-refractivity contribution in [3.8, 4) is 0 Å². The average molecular weight is 132 g/mol. The Balaban J connectivity index is 2.83. The largest absolute Gasteiger partial charge is 0.480 e. The van der Waals surface area contributed by atoms with E-state index in [1.165, 1.54) is 0 Å². The third kappa shape index (κ3) is 7.39. The van der Waals surface area contributed by atoms with Gasteiger partial charge in [0.25, 0.3) is 0 Å². The van der Waals surface area contributed by atoms with Crippen molar-refractivity contribution < 1.29 is 9.90 Å². The molecule has 0 rings (SSSR count). The number of nitrogens with two attached hydrogens (primary N) is 1. The highest BCUT2D eigenvalue weighted by molar-refractivity contribution is 5.68. The zero-order valence-electron chi connectivity index (χ0n) is 5.26. The molecule has 4 heteroatoms. The first-order valence-electron chi connectivity index (χ1n) is 2.90. The van der Waals surface area contributed by atoms with Crippen LogP contribution in [0.4, 0.5) is 0 Å². The molecular weight excluding hydrogens is 120 g/mol. The summed E-state index contributed by atoms with van der Waals surface area (Å²) < 4.78 is 0. The van der Waals surface area contributed by atoms with Crippen LogP contribution < -0.4 is 11.1 Å². The van der Waals surface area contributed by atoms with E-state index in [0.29, 0.717) is 13.1 Å². The van der Waals surface area contributed by atoms with Gasteiger partial charge in [-0.15, -0.1) is 0 Å². The summed E-state index contributed by atoms with van der Waals surface area (Å²) in [5, 5.41) is 10.8. The molecular formula is C5H12N2O2. The molecule has 0 aromatic carbocycles. The van der Waals surface area contributed by atoms with Crippen LogP contribution in [-0.2, 0) is 4.79 Å². The Hall–Kier alpha value is -0.610. The van der Waals surface area contributed by atoms with Gasteiger partial charge in [-0.25, -0.2) is 0 Å². The summed E-state index contributed by atoms with van der Waals surface area (Å²) in [5.41, 5.74) is 5.16. The van der Waals surface area contributed by atoms with Gasteiger partial charge in [-0.3, -0.25) is 4.79 Å². The second-order valence-electron chi connectivity index (χ2n) is 1.71. The fourth-order valence-electron chi connectivity index (χ4n) is 0.422. The first-order chi connectivity index (χ1) is 4.27. The van der Waals surface area contributed by atoms with Gasteiger partial charge < -0.3 is 16.2 Å². The lowest BCUT2D eigenvalue weighted by molar-refractivity contribution is -0.135. The molecule has 0 radical (unpaired) electrons. The van der Waals surface area contributed by atoms with Gasteiger partial charge in [-0.1, -0.05) is 0 Å². The third-order valence-electron chi connectivity index (χ3n) is 0.834. The summed E-state index contributed by atoms with van der Waals surface area (Å²) >= 11 is 0. The minimum Gasteiger partial charge on any atom is -0.480 e. The number of aliphatic carboxylic acids is 1. The number of carbonyl (C=O) groups is 1. The molecule has 0 aromatic heterocycles. The molecule has 0 heterocycles. The van der Waals surface area contributed by atoms with Crippen molar-refractivity contribution in [3.63, 3.8) is 0 Å². The molecule has 0 aliphatic heterocycles. The summed E-state index contributed by atoms with van der Waals surface area (Å²) in [7, 11) is 0. The van der Waals surface area contributed by atoms with Gasteiger partial charge in [0.15, 0.2) is 0 Å². The number of carboxylic acid groups (broad SMARTS) is 1. The van der Waals surface area contributed by atoms with Gasteiger partial charge in [0, 0.05) is 0 Å². The topological polar surface area (TPSA) is 75.3 Å². The van der Waals surface area contributed by atoms with E-state index in [9.17, 15) is 4.79 Å². The van der Waals surface area contributed by atoms with E-state index in [0.717, 1.165) is 6.42 Å². The Morgan fingerprint density at radius 3 is 2.78 bits per heavy atom. The molecule has 0 aliphatic rings. The lowest BCUT2D eigenvalue weighted by Crippen LogP contribution is -2.24. The fraction of sp³-hybridized carbons (Fsp3) is 0.800. The van der Waals surface area contributed by atoms with E-state index in [1.807, 2.05) is 0 Å². The molecule has 0 spiro atoms. The summed E-state index contributed by atoms with van der Waals surface area (Å²) in [6, 6.07) is 0. The molecule has 0 aliphatic carbocycles. The van der Waals surface area contributed by atoms with Crippen molar-refractivity contribution in [2.75, 3.05) is 19.6 Å². The van der Waals surface area contributed by atoms with E-state index < -0.39 is 5.97 Å². The molecule has 4 N–H and O–H groups in total. The van der Waals surface area contributed by atoms with Crippen molar-refractivity contribution in [2.24, 2.45) is 5.73 Å². The van der Waals surface area contributed by atoms with Crippen LogP contribution in [0.2, 0.25) is 0 Å². The van der Waals surface area contributed by atoms with Crippen molar-refractivity contribution in [1.82, 2.24) is 5.32 Å². The van der Waals surface area contributed by atoms with E-state index in [2.05, 4.69) is 5.32 Å². The van der Waals surface area contributed by atoms with E-state index in [4.69, 9.17) is 10.8 Å². The van der Waals surface area contributed by atoms with Crippen LogP contribution >= 0.6 is 0 Å². The van der Waals surface area contributed by atoms with Crippen LogP contribution in [0, 0.1) is 0 Å². The lowest BCUT2D eigenvalue weighted by atomic mass is 10.4. The number of hydrogen-bond donors (Lipinski definition) is 3. The molecule has 9 heavy (non-hydrogen) atoms. The Morgan fingerprint density at radius 2 is 2.33 bits per heavy atom. The van der Waals surface area contributed by atoms with Gasteiger partial charge in [-0.05, 0) is 19.5 Å². The Morgan fingerprint density at radius 1 is 1.67 bits per heavy atom. The smallest absolute Gasteiger partial charge is 0.317 e. The molecule has 0 aromatic rings. The van der Waals surface area contributed by atoms with Crippen LogP contribution in [-0.4, -0.2) is 30.7 Å². The molecule has 0 bridgehead atoms. The van der Waals surface area contributed by atoms with Crippen molar-refractivity contribution in [2.45, 2.75) is 6.42 Å². The average Bonchev–Trinajstić information content (AvgIpc) is 1.80. The lowest BCUT2D eigenvalue weighted by Gasteiger charge is -1.96. The number of nitrogens with one attached hydrogen (secondary N) is 1. The van der Waals surface area contributed by atoms with E-state index in [1.54, 1.807) is 0 Å². The molecule has 54 valence electrons. The normalized spacial score (nSPS) is 9.44. The highest BCUT2D eigenvalue weighted by Gasteiger charge is 1.91. The summed E-state index contributed by atoms with van der Waals surface area (Å²) in [6.45, 7) is 1.31. The van der Waals surface area contributed by atoms with Gasteiger partial charge in [0.05, 0.1) is 6.54 Å². The first-order valence-corrected chi connectivity index (χ1v) is 2.90. The highest BCUT2D eigenvalue weighted by Crippen LogP contribution is 1.68. The molecule has 0 fully saturated rings. The maximum absolute atomic E-state index is 9.87. The molecule has 0 saturated carbocycles. The van der Waals surface area contributed by atoms with E-state index >= 15 is 0 Å². The van der Waals surface area contributed by atoms with Crippen LogP contribution in [0.15, 0.2) is 0 Å². The zero-order valence-corrected chi connectivity index (χ0v) is 5.26. The van der Waals surface area contributed by atoms with Gasteiger partial charge in [0.1, 0.15) is 0 Å². The van der Waals surface area contributed by atoms with Gasteiger partial charge in [-0.2, -0.15) is 0 Å². The SMILES string of the molecule is NCCCNCC(=O)O. The molecule has 0 amide bonds. The minimum absolute atomic E-state index is 0.0278. The van der Waals surface area contributed by atoms with Crippen LogP contribution in [0.3, 0.4) is 0 Å². The summed E-state index contributed by atoms with van der Waals surface area (Å²) in [6.07, 6.45) is 0.827. The van der Waals surface area contributed by atoms with Crippen LogP contribution in [0.5, 0.6) is 0 Å². The number of carboxylic acids is 1. The zero-order chi connectivity index (χ0) is 7.11. The standard InChI is InChI=1S/C5H12N2O2/c6-2-1-3-7-4-5(8)9/h7H,1-4,6H2,(H,8,9).